The highest BCUT2D eigenvalue weighted by molar-refractivity contribution is 8.01. The van der Waals surface area contributed by atoms with Gasteiger partial charge in [-0.2, -0.15) is 0 Å². The van der Waals surface area contributed by atoms with E-state index in [0.29, 0.717) is 20.9 Å². The van der Waals surface area contributed by atoms with Crippen molar-refractivity contribution in [3.63, 3.8) is 0 Å². The van der Waals surface area contributed by atoms with Gasteiger partial charge in [0.1, 0.15) is 5.75 Å². The molecule has 0 aliphatic heterocycles. The number of ether oxygens (including phenoxy) is 1. The predicted molar refractivity (Wildman–Crippen MR) is 111 cm³/mol. The second-order valence-corrected chi connectivity index (χ2v) is 7.85. The Morgan fingerprint density at radius 2 is 1.86 bits per heavy atom. The SMILES string of the molecule is COc1cccc(NC(=O)CSc2nnc(NC(=O)Cc3ccccc3)s2)c1. The van der Waals surface area contributed by atoms with Gasteiger partial charge >= 0.3 is 0 Å². The number of hydrogen-bond donors (Lipinski definition) is 2. The molecule has 1 aromatic heterocycles. The molecule has 28 heavy (non-hydrogen) atoms. The van der Waals surface area contributed by atoms with Crippen molar-refractivity contribution in [3.8, 4) is 5.75 Å². The van der Waals surface area contributed by atoms with Crippen LogP contribution in [0, 0.1) is 0 Å². The molecule has 0 radical (unpaired) electrons. The van der Waals surface area contributed by atoms with Gasteiger partial charge in [-0.15, -0.1) is 10.2 Å². The molecule has 0 saturated heterocycles. The van der Waals surface area contributed by atoms with E-state index in [1.165, 1.54) is 23.1 Å². The molecular formula is C19H18N4O3S2. The highest BCUT2D eigenvalue weighted by atomic mass is 32.2. The minimum Gasteiger partial charge on any atom is -0.497 e. The summed E-state index contributed by atoms with van der Waals surface area (Å²) in [5.41, 5.74) is 1.59. The van der Waals surface area contributed by atoms with Gasteiger partial charge in [0.05, 0.1) is 19.3 Å². The molecule has 7 nitrogen and oxygen atoms in total. The highest BCUT2D eigenvalue weighted by Crippen LogP contribution is 2.26. The first-order valence-corrected chi connectivity index (χ1v) is 10.2. The molecule has 3 aromatic rings. The van der Waals surface area contributed by atoms with E-state index in [9.17, 15) is 9.59 Å². The lowest BCUT2D eigenvalue weighted by molar-refractivity contribution is -0.115. The van der Waals surface area contributed by atoms with E-state index in [-0.39, 0.29) is 24.0 Å². The number of benzene rings is 2. The number of rotatable bonds is 8. The Balaban J connectivity index is 1.46. The molecule has 0 atom stereocenters. The molecule has 2 N–H and O–H groups in total. The lowest BCUT2D eigenvalue weighted by Gasteiger charge is -2.06. The van der Waals surface area contributed by atoms with Crippen molar-refractivity contribution in [2.24, 2.45) is 0 Å². The van der Waals surface area contributed by atoms with Crippen LogP contribution in [0.1, 0.15) is 5.56 Å². The summed E-state index contributed by atoms with van der Waals surface area (Å²) in [6.07, 6.45) is 0.270. The van der Waals surface area contributed by atoms with Crippen LogP contribution in [0.3, 0.4) is 0 Å². The Morgan fingerprint density at radius 3 is 2.64 bits per heavy atom. The van der Waals surface area contributed by atoms with Crippen LogP contribution in [-0.4, -0.2) is 34.9 Å². The fourth-order valence-electron chi connectivity index (χ4n) is 2.29. The molecule has 1 heterocycles. The summed E-state index contributed by atoms with van der Waals surface area (Å²) in [5.74, 6) is 0.535. The van der Waals surface area contributed by atoms with E-state index in [1.54, 1.807) is 31.4 Å². The Labute approximate surface area is 170 Å². The van der Waals surface area contributed by atoms with Crippen LogP contribution < -0.4 is 15.4 Å². The van der Waals surface area contributed by atoms with Crippen molar-refractivity contribution in [1.82, 2.24) is 10.2 Å². The molecule has 0 spiro atoms. The van der Waals surface area contributed by atoms with Crippen LogP contribution in [0.4, 0.5) is 10.8 Å². The predicted octanol–water partition coefficient (Wildman–Crippen LogP) is 3.46. The maximum atomic E-state index is 12.1. The van der Waals surface area contributed by atoms with Crippen LogP contribution in [0.25, 0.3) is 0 Å². The number of carbonyl (C=O) groups excluding carboxylic acids is 2. The van der Waals surface area contributed by atoms with Gasteiger partial charge < -0.3 is 15.4 Å². The van der Waals surface area contributed by atoms with E-state index in [2.05, 4.69) is 20.8 Å². The van der Waals surface area contributed by atoms with E-state index in [4.69, 9.17) is 4.74 Å². The number of nitrogens with one attached hydrogen (secondary N) is 2. The quantitative estimate of drug-likeness (QED) is 0.433. The highest BCUT2D eigenvalue weighted by Gasteiger charge is 2.11. The summed E-state index contributed by atoms with van der Waals surface area (Å²) in [5, 5.41) is 13.9. The minimum absolute atomic E-state index is 0.158. The molecular weight excluding hydrogens is 396 g/mol. The van der Waals surface area contributed by atoms with Crippen molar-refractivity contribution >= 4 is 45.7 Å². The smallest absolute Gasteiger partial charge is 0.234 e. The number of methoxy groups -OCH3 is 1. The summed E-state index contributed by atoms with van der Waals surface area (Å²) in [4.78, 5) is 24.1. The maximum Gasteiger partial charge on any atom is 0.234 e. The Morgan fingerprint density at radius 1 is 1.04 bits per heavy atom. The van der Waals surface area contributed by atoms with Crippen LogP contribution in [0.2, 0.25) is 0 Å². The van der Waals surface area contributed by atoms with Crippen molar-refractivity contribution in [1.29, 1.82) is 0 Å². The molecule has 0 unspecified atom stereocenters. The van der Waals surface area contributed by atoms with Gasteiger partial charge in [0, 0.05) is 11.8 Å². The Kier molecular flexibility index (Phi) is 6.99. The van der Waals surface area contributed by atoms with Gasteiger partial charge in [0.2, 0.25) is 16.9 Å². The van der Waals surface area contributed by atoms with Gasteiger partial charge in [-0.25, -0.2) is 0 Å². The van der Waals surface area contributed by atoms with Crippen molar-refractivity contribution in [2.45, 2.75) is 10.8 Å². The summed E-state index contributed by atoms with van der Waals surface area (Å²) in [6, 6.07) is 16.6. The number of thioether (sulfide) groups is 1. The summed E-state index contributed by atoms with van der Waals surface area (Å²) >= 11 is 2.49. The Bertz CT molecular complexity index is 947. The third-order valence-corrected chi connectivity index (χ3v) is 5.51. The number of nitrogens with zero attached hydrogens (tertiary/aromatic N) is 2. The zero-order valence-electron chi connectivity index (χ0n) is 15.0. The second kappa shape index (κ2) is 9.86. The number of amides is 2. The molecule has 0 aliphatic rings. The van der Waals surface area contributed by atoms with E-state index >= 15 is 0 Å². The summed E-state index contributed by atoms with van der Waals surface area (Å²) < 4.78 is 5.74. The van der Waals surface area contributed by atoms with E-state index < -0.39 is 0 Å². The fraction of sp³-hybridized carbons (Fsp3) is 0.158. The van der Waals surface area contributed by atoms with Gasteiger partial charge in [-0.1, -0.05) is 59.5 Å². The first kappa shape index (κ1) is 19.8. The lowest BCUT2D eigenvalue weighted by atomic mass is 10.1. The molecule has 2 aromatic carbocycles. The topological polar surface area (TPSA) is 93.2 Å². The minimum atomic E-state index is -0.164. The van der Waals surface area contributed by atoms with Crippen molar-refractivity contribution in [3.05, 3.63) is 60.2 Å². The zero-order chi connectivity index (χ0) is 19.8. The normalized spacial score (nSPS) is 10.3. The molecule has 0 fully saturated rings. The average Bonchev–Trinajstić information content (AvgIpc) is 3.14. The molecule has 0 bridgehead atoms. The number of carbonyl (C=O) groups is 2. The second-order valence-electron chi connectivity index (χ2n) is 5.65. The summed E-state index contributed by atoms with van der Waals surface area (Å²) in [6.45, 7) is 0. The molecule has 9 heteroatoms. The first-order valence-electron chi connectivity index (χ1n) is 8.36. The van der Waals surface area contributed by atoms with E-state index in [0.717, 1.165) is 5.56 Å². The van der Waals surface area contributed by atoms with Gasteiger partial charge in [-0.05, 0) is 17.7 Å². The van der Waals surface area contributed by atoms with Crippen LogP contribution in [0.5, 0.6) is 5.75 Å². The molecule has 144 valence electrons. The fourth-order valence-corrected chi connectivity index (χ4v) is 3.86. The third kappa shape index (κ3) is 6.07. The van der Waals surface area contributed by atoms with Gasteiger partial charge in [0.25, 0.3) is 0 Å². The number of hydrogen-bond acceptors (Lipinski definition) is 7. The van der Waals surface area contributed by atoms with Gasteiger partial charge in [0.15, 0.2) is 4.34 Å². The van der Waals surface area contributed by atoms with Crippen LogP contribution >= 0.6 is 23.1 Å². The molecule has 0 saturated carbocycles. The maximum absolute atomic E-state index is 12.1. The zero-order valence-corrected chi connectivity index (χ0v) is 16.7. The third-order valence-electron chi connectivity index (χ3n) is 3.54. The molecule has 3 rings (SSSR count). The monoisotopic (exact) mass is 414 g/mol. The average molecular weight is 415 g/mol. The van der Waals surface area contributed by atoms with Crippen LogP contribution in [0.15, 0.2) is 58.9 Å². The largest absolute Gasteiger partial charge is 0.497 e. The molecule has 2 amide bonds. The number of anilines is 2. The standard InChI is InChI=1S/C19H18N4O3S2/c1-26-15-9-5-8-14(11-15)20-17(25)12-27-19-23-22-18(28-19)21-16(24)10-13-6-3-2-4-7-13/h2-9,11H,10,12H2,1H3,(H,20,25)(H,21,22,24). The van der Waals surface area contributed by atoms with Crippen molar-refractivity contribution < 1.29 is 14.3 Å². The van der Waals surface area contributed by atoms with Gasteiger partial charge in [-0.3, -0.25) is 9.59 Å². The summed E-state index contributed by atoms with van der Waals surface area (Å²) in [7, 11) is 1.57. The van der Waals surface area contributed by atoms with E-state index in [1.807, 2.05) is 30.3 Å². The molecule has 0 aliphatic carbocycles. The Hall–Kier alpha value is -2.91. The van der Waals surface area contributed by atoms with Crippen LogP contribution in [-0.2, 0) is 16.0 Å². The first-order chi connectivity index (χ1) is 13.6. The lowest BCUT2D eigenvalue weighted by Crippen LogP contribution is -2.14. The number of aromatic nitrogens is 2. The van der Waals surface area contributed by atoms with Crippen molar-refractivity contribution in [2.75, 3.05) is 23.5 Å².